The lowest BCUT2D eigenvalue weighted by atomic mass is 10.0. The van der Waals surface area contributed by atoms with Crippen LogP contribution in [0.2, 0.25) is 0 Å². The first-order chi connectivity index (χ1) is 16.2. The maximum Gasteiger partial charge on any atom is 0.163 e. The number of nitrogens with zero attached hydrogens (tertiary/aromatic N) is 4. The van der Waals surface area contributed by atoms with Crippen LogP contribution in [0.25, 0.3) is 33.4 Å². The number of hydrogen-bond acceptors (Lipinski definition) is 6. The van der Waals surface area contributed by atoms with E-state index in [4.69, 9.17) is 9.72 Å². The molecule has 0 spiro atoms. The highest BCUT2D eigenvalue weighted by Gasteiger charge is 2.17. The third-order valence-corrected chi connectivity index (χ3v) is 5.31. The number of anilines is 1. The number of halogens is 1. The number of hydrogen-bond donors (Lipinski definition) is 2. The lowest BCUT2D eigenvalue weighted by Gasteiger charge is -2.15. The van der Waals surface area contributed by atoms with Gasteiger partial charge in [0.05, 0.1) is 12.8 Å². The van der Waals surface area contributed by atoms with Gasteiger partial charge in [0.2, 0.25) is 0 Å². The first-order valence-corrected chi connectivity index (χ1v) is 10.5. The van der Waals surface area contributed by atoms with Gasteiger partial charge in [0.25, 0.3) is 0 Å². The summed E-state index contributed by atoms with van der Waals surface area (Å²) in [7, 11) is 1.80. The smallest absolute Gasteiger partial charge is 0.163 e. The topological polar surface area (TPSA) is 88.6 Å². The van der Waals surface area contributed by atoms with Crippen LogP contribution in [0.4, 0.5) is 10.2 Å². The van der Waals surface area contributed by atoms with E-state index < -0.39 is 0 Å². The average molecular weight is 440 g/mol. The van der Waals surface area contributed by atoms with Crippen molar-refractivity contribution >= 4 is 16.7 Å². The molecule has 0 aliphatic carbocycles. The molecule has 0 aliphatic heterocycles. The van der Waals surface area contributed by atoms with Crippen molar-refractivity contribution in [1.82, 2.24) is 25.1 Å². The van der Waals surface area contributed by atoms with Crippen molar-refractivity contribution in [2.75, 3.05) is 19.0 Å². The predicted molar refractivity (Wildman–Crippen MR) is 125 cm³/mol. The zero-order valence-corrected chi connectivity index (χ0v) is 17.9. The van der Waals surface area contributed by atoms with Crippen molar-refractivity contribution in [3.8, 4) is 28.3 Å². The highest BCUT2D eigenvalue weighted by atomic mass is 19.1. The number of rotatable bonds is 7. The molecule has 2 aromatic carbocycles. The van der Waals surface area contributed by atoms with Gasteiger partial charge in [-0.3, -0.25) is 10.1 Å². The van der Waals surface area contributed by atoms with Gasteiger partial charge in [0.15, 0.2) is 5.82 Å². The Kier molecular flexibility index (Phi) is 5.63. The minimum Gasteiger partial charge on any atom is -0.491 e. The number of fused-ring (bicyclic) bond motifs is 1. The van der Waals surface area contributed by atoms with Crippen LogP contribution < -0.4 is 10.1 Å². The molecule has 164 valence electrons. The highest BCUT2D eigenvalue weighted by Crippen LogP contribution is 2.36. The quantitative estimate of drug-likeness (QED) is 0.375. The van der Waals surface area contributed by atoms with E-state index in [0.29, 0.717) is 47.1 Å². The van der Waals surface area contributed by atoms with Crippen LogP contribution in [-0.2, 0) is 6.42 Å². The monoisotopic (exact) mass is 440 g/mol. The Balaban J connectivity index is 1.65. The molecule has 0 saturated carbocycles. The average Bonchev–Trinajstić information content (AvgIpc) is 3.38. The number of H-pyrrole nitrogens is 1. The van der Waals surface area contributed by atoms with Crippen molar-refractivity contribution in [3.05, 3.63) is 84.7 Å². The van der Waals surface area contributed by atoms with Crippen LogP contribution in [0, 0.1) is 5.82 Å². The van der Waals surface area contributed by atoms with Gasteiger partial charge in [-0.05, 0) is 41.5 Å². The molecule has 3 aromatic heterocycles. The summed E-state index contributed by atoms with van der Waals surface area (Å²) < 4.78 is 20.8. The Hall–Kier alpha value is -4.33. The molecule has 0 aliphatic rings. The maximum atomic E-state index is 14.6. The van der Waals surface area contributed by atoms with Crippen molar-refractivity contribution in [1.29, 1.82) is 0 Å². The summed E-state index contributed by atoms with van der Waals surface area (Å²) in [5.74, 6) is 1.40. The SMILES string of the molecule is CNc1nc(-c2cccnc2)nc2c(OCCc3cn[nH]c3)cc(-c3ccccc3F)cc12. The van der Waals surface area contributed by atoms with Crippen molar-refractivity contribution in [2.24, 2.45) is 0 Å². The van der Waals surface area contributed by atoms with Gasteiger partial charge in [-0.15, -0.1) is 0 Å². The lowest BCUT2D eigenvalue weighted by Crippen LogP contribution is -2.05. The van der Waals surface area contributed by atoms with Crippen LogP contribution >= 0.6 is 0 Å². The molecule has 0 radical (unpaired) electrons. The van der Waals surface area contributed by atoms with E-state index in [1.807, 2.05) is 36.5 Å². The zero-order chi connectivity index (χ0) is 22.6. The molecule has 0 saturated heterocycles. The van der Waals surface area contributed by atoms with Crippen LogP contribution in [-0.4, -0.2) is 38.8 Å². The van der Waals surface area contributed by atoms with E-state index in [-0.39, 0.29) is 5.82 Å². The second kappa shape index (κ2) is 9.04. The maximum absolute atomic E-state index is 14.6. The molecule has 0 fully saturated rings. The Morgan fingerprint density at radius 1 is 1.03 bits per heavy atom. The van der Waals surface area contributed by atoms with E-state index in [9.17, 15) is 4.39 Å². The van der Waals surface area contributed by atoms with E-state index in [1.54, 1.807) is 37.8 Å². The number of nitrogens with one attached hydrogen (secondary N) is 2. The highest BCUT2D eigenvalue weighted by molar-refractivity contribution is 5.97. The van der Waals surface area contributed by atoms with E-state index in [1.165, 1.54) is 6.07 Å². The van der Waals surface area contributed by atoms with E-state index in [2.05, 4.69) is 25.5 Å². The summed E-state index contributed by atoms with van der Waals surface area (Å²) >= 11 is 0. The molecule has 3 heterocycles. The zero-order valence-electron chi connectivity index (χ0n) is 17.9. The molecule has 5 aromatic rings. The Morgan fingerprint density at radius 3 is 2.70 bits per heavy atom. The fraction of sp³-hybridized carbons (Fsp3) is 0.120. The second-order valence-electron chi connectivity index (χ2n) is 7.44. The fourth-order valence-electron chi connectivity index (χ4n) is 3.67. The standard InChI is InChI=1S/C25H21FN6O/c1-27-25-20-11-18(19-6-2-3-7-21(19)26)12-22(33-10-8-16-13-29-30-14-16)23(20)31-24(32-25)17-5-4-9-28-15-17/h2-7,9,11-15H,8,10H2,1H3,(H,29,30)(H,27,31,32). The summed E-state index contributed by atoms with van der Waals surface area (Å²) in [5, 5.41) is 10.7. The summed E-state index contributed by atoms with van der Waals surface area (Å²) in [6, 6.07) is 14.1. The summed E-state index contributed by atoms with van der Waals surface area (Å²) in [4.78, 5) is 13.7. The Labute approximate surface area is 189 Å². The van der Waals surface area contributed by atoms with Crippen LogP contribution in [0.15, 0.2) is 73.3 Å². The van der Waals surface area contributed by atoms with E-state index >= 15 is 0 Å². The first kappa shape index (κ1) is 20.6. The van der Waals surface area contributed by atoms with E-state index in [0.717, 1.165) is 16.5 Å². The first-order valence-electron chi connectivity index (χ1n) is 10.5. The van der Waals surface area contributed by atoms with Gasteiger partial charge in [0.1, 0.15) is 22.9 Å². The molecule has 0 amide bonds. The fourth-order valence-corrected chi connectivity index (χ4v) is 3.67. The largest absolute Gasteiger partial charge is 0.491 e. The summed E-state index contributed by atoms with van der Waals surface area (Å²) in [6.07, 6.45) is 7.68. The molecule has 2 N–H and O–H groups in total. The minimum absolute atomic E-state index is 0.305. The third-order valence-electron chi connectivity index (χ3n) is 5.31. The van der Waals surface area contributed by atoms with Crippen molar-refractivity contribution < 1.29 is 9.13 Å². The van der Waals surface area contributed by atoms with Gasteiger partial charge >= 0.3 is 0 Å². The van der Waals surface area contributed by atoms with Crippen LogP contribution in [0.3, 0.4) is 0 Å². The van der Waals surface area contributed by atoms with Gasteiger partial charge < -0.3 is 10.1 Å². The lowest BCUT2D eigenvalue weighted by molar-refractivity contribution is 0.325. The predicted octanol–water partition coefficient (Wildman–Crippen LogP) is 4.88. The van der Waals surface area contributed by atoms with Crippen molar-refractivity contribution in [2.45, 2.75) is 6.42 Å². The van der Waals surface area contributed by atoms with Gasteiger partial charge in [-0.25, -0.2) is 14.4 Å². The molecular formula is C25H21FN6O. The Morgan fingerprint density at radius 2 is 1.94 bits per heavy atom. The van der Waals surface area contributed by atoms with Crippen molar-refractivity contribution in [3.63, 3.8) is 0 Å². The van der Waals surface area contributed by atoms with Crippen LogP contribution in [0.5, 0.6) is 5.75 Å². The molecule has 5 rings (SSSR count). The molecule has 0 unspecified atom stereocenters. The Bertz CT molecular complexity index is 1390. The number of aromatic amines is 1. The molecular weight excluding hydrogens is 419 g/mol. The number of aromatic nitrogens is 5. The second-order valence-corrected chi connectivity index (χ2v) is 7.44. The number of benzene rings is 2. The third kappa shape index (κ3) is 4.23. The number of pyridine rings is 1. The molecule has 0 atom stereocenters. The summed E-state index contributed by atoms with van der Waals surface area (Å²) in [6.45, 7) is 0.413. The van der Waals surface area contributed by atoms with Crippen LogP contribution in [0.1, 0.15) is 5.56 Å². The van der Waals surface area contributed by atoms with Gasteiger partial charge in [0, 0.05) is 48.6 Å². The minimum atomic E-state index is -0.305. The van der Waals surface area contributed by atoms with Gasteiger partial charge in [-0.1, -0.05) is 18.2 Å². The normalized spacial score (nSPS) is 11.0. The molecule has 33 heavy (non-hydrogen) atoms. The van der Waals surface area contributed by atoms with Gasteiger partial charge in [-0.2, -0.15) is 5.10 Å². The molecule has 0 bridgehead atoms. The molecule has 7 nitrogen and oxygen atoms in total. The summed E-state index contributed by atoms with van der Waals surface area (Å²) in [5.41, 5.74) is 3.63. The number of ether oxygens (including phenoxy) is 1. The molecule has 8 heteroatoms.